The summed E-state index contributed by atoms with van der Waals surface area (Å²) in [6.45, 7) is 4.03. The minimum Gasteiger partial charge on any atom is -0.313 e. The number of rotatable bonds is 8. The molecule has 0 aliphatic carbocycles. The molecule has 102 valence electrons. The van der Waals surface area contributed by atoms with Crippen LogP contribution in [0.5, 0.6) is 0 Å². The predicted octanol–water partition coefficient (Wildman–Crippen LogP) is 4.76. The second-order valence-electron chi connectivity index (χ2n) is 5.05. The molecule has 0 saturated carbocycles. The molecule has 0 aliphatic heterocycles. The Kier molecular flexibility index (Phi) is 6.96. The summed E-state index contributed by atoms with van der Waals surface area (Å²) in [5.41, 5.74) is 1.78. The first-order valence-electron chi connectivity index (χ1n) is 7.12. The lowest BCUT2D eigenvalue weighted by molar-refractivity contribution is 0.497. The lowest BCUT2D eigenvalue weighted by Crippen LogP contribution is -2.16. The summed E-state index contributed by atoms with van der Waals surface area (Å²) in [5, 5.41) is 3.29. The maximum atomic E-state index is 13.5. The van der Waals surface area contributed by atoms with E-state index < -0.39 is 0 Å². The van der Waals surface area contributed by atoms with Gasteiger partial charge in [0.2, 0.25) is 0 Å². The Morgan fingerprint density at radius 1 is 1.17 bits per heavy atom. The minimum atomic E-state index is -0.0984. The van der Waals surface area contributed by atoms with Crippen molar-refractivity contribution < 1.29 is 4.39 Å². The van der Waals surface area contributed by atoms with Gasteiger partial charge in [-0.05, 0) is 37.6 Å². The standard InChI is InChI=1S/C16H26FN/c1-4-5-6-7-8-9-16(18-3)14-11-10-13(2)15(17)12-14/h10-12,16,18H,4-9H2,1-3H3. The molecule has 0 amide bonds. The summed E-state index contributed by atoms with van der Waals surface area (Å²) in [6.07, 6.45) is 7.49. The van der Waals surface area contributed by atoms with E-state index in [1.54, 1.807) is 13.0 Å². The monoisotopic (exact) mass is 251 g/mol. The Bertz CT molecular complexity index is 349. The Morgan fingerprint density at radius 2 is 1.89 bits per heavy atom. The molecule has 0 heterocycles. The molecule has 2 heteroatoms. The van der Waals surface area contributed by atoms with Crippen LogP contribution in [-0.2, 0) is 0 Å². The molecule has 1 unspecified atom stereocenters. The molecule has 1 nitrogen and oxygen atoms in total. The van der Waals surface area contributed by atoms with Crippen LogP contribution >= 0.6 is 0 Å². The quantitative estimate of drug-likeness (QED) is 0.657. The predicted molar refractivity (Wildman–Crippen MR) is 76.3 cm³/mol. The molecular weight excluding hydrogens is 225 g/mol. The highest BCUT2D eigenvalue weighted by Crippen LogP contribution is 2.22. The number of aryl methyl sites for hydroxylation is 1. The first-order valence-corrected chi connectivity index (χ1v) is 7.12. The van der Waals surface area contributed by atoms with Gasteiger partial charge in [-0.1, -0.05) is 51.2 Å². The Labute approximate surface area is 111 Å². The zero-order valence-electron chi connectivity index (χ0n) is 11.9. The van der Waals surface area contributed by atoms with Crippen LogP contribution in [0.1, 0.15) is 62.6 Å². The molecule has 0 aliphatic rings. The molecular formula is C16H26FN. The van der Waals surface area contributed by atoms with E-state index in [0.717, 1.165) is 17.5 Å². The molecule has 1 aromatic carbocycles. The molecule has 1 aromatic rings. The SMILES string of the molecule is CCCCCCCC(NC)c1ccc(C)c(F)c1. The van der Waals surface area contributed by atoms with Crippen LogP contribution in [-0.4, -0.2) is 7.05 Å². The maximum Gasteiger partial charge on any atom is 0.126 e. The van der Waals surface area contributed by atoms with Gasteiger partial charge in [-0.2, -0.15) is 0 Å². The summed E-state index contributed by atoms with van der Waals surface area (Å²) in [7, 11) is 1.95. The van der Waals surface area contributed by atoms with Crippen LogP contribution in [0, 0.1) is 12.7 Å². The highest BCUT2D eigenvalue weighted by Gasteiger charge is 2.10. The van der Waals surface area contributed by atoms with Gasteiger partial charge in [0.1, 0.15) is 5.82 Å². The van der Waals surface area contributed by atoms with E-state index in [0.29, 0.717) is 0 Å². The number of hydrogen-bond donors (Lipinski definition) is 1. The largest absolute Gasteiger partial charge is 0.313 e. The van der Waals surface area contributed by atoms with Crippen LogP contribution in [0.4, 0.5) is 4.39 Å². The summed E-state index contributed by atoms with van der Waals surface area (Å²) < 4.78 is 13.5. The summed E-state index contributed by atoms with van der Waals surface area (Å²) >= 11 is 0. The lowest BCUT2D eigenvalue weighted by atomic mass is 9.99. The second-order valence-corrected chi connectivity index (χ2v) is 5.05. The van der Waals surface area contributed by atoms with Gasteiger partial charge in [-0.15, -0.1) is 0 Å². The van der Waals surface area contributed by atoms with E-state index >= 15 is 0 Å². The van der Waals surface area contributed by atoms with Crippen molar-refractivity contribution in [2.24, 2.45) is 0 Å². The van der Waals surface area contributed by atoms with E-state index in [-0.39, 0.29) is 11.9 Å². The van der Waals surface area contributed by atoms with Crippen molar-refractivity contribution in [3.8, 4) is 0 Å². The average Bonchev–Trinajstić information content (AvgIpc) is 2.37. The van der Waals surface area contributed by atoms with E-state index in [9.17, 15) is 4.39 Å². The number of benzene rings is 1. The molecule has 0 radical (unpaired) electrons. The topological polar surface area (TPSA) is 12.0 Å². The molecule has 18 heavy (non-hydrogen) atoms. The zero-order valence-corrected chi connectivity index (χ0v) is 11.9. The Morgan fingerprint density at radius 3 is 2.50 bits per heavy atom. The van der Waals surface area contributed by atoms with Crippen molar-refractivity contribution in [1.29, 1.82) is 0 Å². The molecule has 1 N–H and O–H groups in total. The summed E-state index contributed by atoms with van der Waals surface area (Å²) in [5.74, 6) is -0.0984. The third kappa shape index (κ3) is 4.77. The highest BCUT2D eigenvalue weighted by atomic mass is 19.1. The summed E-state index contributed by atoms with van der Waals surface area (Å²) in [4.78, 5) is 0. The second kappa shape index (κ2) is 8.25. The van der Waals surface area contributed by atoms with E-state index in [1.807, 2.05) is 19.2 Å². The fraction of sp³-hybridized carbons (Fsp3) is 0.625. The molecule has 0 aromatic heterocycles. The van der Waals surface area contributed by atoms with E-state index in [2.05, 4.69) is 12.2 Å². The Balaban J connectivity index is 2.47. The Hall–Kier alpha value is -0.890. The molecule has 0 saturated heterocycles. The van der Waals surface area contributed by atoms with Gasteiger partial charge in [-0.3, -0.25) is 0 Å². The number of hydrogen-bond acceptors (Lipinski definition) is 1. The highest BCUT2D eigenvalue weighted by molar-refractivity contribution is 5.25. The van der Waals surface area contributed by atoms with Gasteiger partial charge in [0, 0.05) is 6.04 Å². The van der Waals surface area contributed by atoms with E-state index in [4.69, 9.17) is 0 Å². The third-order valence-corrected chi connectivity index (χ3v) is 3.54. The van der Waals surface area contributed by atoms with Crippen molar-refractivity contribution in [2.75, 3.05) is 7.05 Å². The van der Waals surface area contributed by atoms with E-state index in [1.165, 1.54) is 32.1 Å². The van der Waals surface area contributed by atoms with Gasteiger partial charge in [-0.25, -0.2) is 4.39 Å². The molecule has 1 atom stereocenters. The van der Waals surface area contributed by atoms with Crippen LogP contribution in [0.3, 0.4) is 0 Å². The van der Waals surface area contributed by atoms with Gasteiger partial charge in [0.05, 0.1) is 0 Å². The minimum absolute atomic E-state index is 0.0984. The van der Waals surface area contributed by atoms with Gasteiger partial charge >= 0.3 is 0 Å². The van der Waals surface area contributed by atoms with Gasteiger partial charge < -0.3 is 5.32 Å². The fourth-order valence-electron chi connectivity index (χ4n) is 2.26. The number of unbranched alkanes of at least 4 members (excludes halogenated alkanes) is 4. The van der Waals surface area contributed by atoms with Crippen molar-refractivity contribution >= 4 is 0 Å². The van der Waals surface area contributed by atoms with Crippen LogP contribution in [0.15, 0.2) is 18.2 Å². The van der Waals surface area contributed by atoms with Gasteiger partial charge in [0.15, 0.2) is 0 Å². The zero-order chi connectivity index (χ0) is 13.4. The summed E-state index contributed by atoms with van der Waals surface area (Å²) in [6, 6.07) is 5.85. The maximum absolute atomic E-state index is 13.5. The fourth-order valence-corrected chi connectivity index (χ4v) is 2.26. The van der Waals surface area contributed by atoms with Crippen molar-refractivity contribution in [3.63, 3.8) is 0 Å². The first kappa shape index (κ1) is 15.2. The molecule has 0 fully saturated rings. The normalized spacial score (nSPS) is 12.7. The number of nitrogens with one attached hydrogen (secondary N) is 1. The van der Waals surface area contributed by atoms with Crippen LogP contribution in [0.2, 0.25) is 0 Å². The van der Waals surface area contributed by atoms with Crippen molar-refractivity contribution in [2.45, 2.75) is 58.4 Å². The van der Waals surface area contributed by atoms with Crippen molar-refractivity contribution in [3.05, 3.63) is 35.1 Å². The van der Waals surface area contributed by atoms with Crippen LogP contribution in [0.25, 0.3) is 0 Å². The van der Waals surface area contributed by atoms with Gasteiger partial charge in [0.25, 0.3) is 0 Å². The third-order valence-electron chi connectivity index (χ3n) is 3.54. The average molecular weight is 251 g/mol. The first-order chi connectivity index (χ1) is 8.69. The molecule has 1 rings (SSSR count). The molecule has 0 bridgehead atoms. The lowest BCUT2D eigenvalue weighted by Gasteiger charge is -2.17. The molecule has 0 spiro atoms. The smallest absolute Gasteiger partial charge is 0.126 e. The van der Waals surface area contributed by atoms with Crippen molar-refractivity contribution in [1.82, 2.24) is 5.32 Å². The number of halogens is 1. The van der Waals surface area contributed by atoms with Crippen LogP contribution < -0.4 is 5.32 Å².